The topological polar surface area (TPSA) is 219 Å². The van der Waals surface area contributed by atoms with Crippen molar-refractivity contribution < 1.29 is 28.7 Å². The zero-order chi connectivity index (χ0) is 46.8. The zero-order valence-corrected chi connectivity index (χ0v) is 39.4. The molecule has 19 heteroatoms. The summed E-state index contributed by atoms with van der Waals surface area (Å²) < 4.78 is 5.05. The number of rotatable bonds is 12. The SMILES string of the molecule is C.C.CC(=O)N1CCN(c2ccc(CCc3ccc(CNC(=O)NN)cc3)nc2)CC1.CC(=O)N1CCN(c2ccc(CCc3ccc(CNC(=O)NNC(=O)OC(C)(C)C)cc3)nc2)CC1.Cl. The van der Waals surface area contributed by atoms with Crippen LogP contribution in [0, 0.1) is 0 Å². The molecule has 18 nitrogen and oxygen atoms in total. The summed E-state index contributed by atoms with van der Waals surface area (Å²) in [5, 5.41) is 5.34. The highest BCUT2D eigenvalue weighted by Gasteiger charge is 2.21. The first kappa shape index (κ1) is 57.5. The van der Waals surface area contributed by atoms with Crippen LogP contribution in [0.2, 0.25) is 0 Å². The number of aromatic nitrogens is 2. The lowest BCUT2D eigenvalue weighted by Gasteiger charge is -2.35. The van der Waals surface area contributed by atoms with Gasteiger partial charge in [-0.1, -0.05) is 63.4 Å². The molecule has 68 heavy (non-hydrogen) atoms. The van der Waals surface area contributed by atoms with Crippen LogP contribution in [-0.2, 0) is 53.1 Å². The lowest BCUT2D eigenvalue weighted by atomic mass is 10.1. The molecule has 4 aromatic rings. The van der Waals surface area contributed by atoms with E-state index in [1.54, 1.807) is 34.6 Å². The van der Waals surface area contributed by atoms with E-state index >= 15 is 0 Å². The summed E-state index contributed by atoms with van der Waals surface area (Å²) in [6.07, 6.45) is 6.57. The van der Waals surface area contributed by atoms with Crippen LogP contribution in [0.15, 0.2) is 85.2 Å². The Labute approximate surface area is 408 Å². The van der Waals surface area contributed by atoms with Crippen molar-refractivity contribution in [3.63, 3.8) is 0 Å². The van der Waals surface area contributed by atoms with Gasteiger partial charge in [0, 0.05) is 90.7 Å². The molecule has 7 N–H and O–H groups in total. The maximum Gasteiger partial charge on any atom is 0.426 e. The molecule has 0 saturated carbocycles. The molecular formula is C49H73ClN12O6. The molecule has 4 heterocycles. The molecule has 2 aliphatic heterocycles. The molecule has 0 aliphatic carbocycles. The van der Waals surface area contributed by atoms with Gasteiger partial charge in [0.25, 0.3) is 0 Å². The third-order valence-electron chi connectivity index (χ3n) is 10.9. The predicted molar refractivity (Wildman–Crippen MR) is 270 cm³/mol. The number of amides is 7. The van der Waals surface area contributed by atoms with Crippen LogP contribution in [0.25, 0.3) is 0 Å². The van der Waals surface area contributed by atoms with Gasteiger partial charge in [-0.15, -0.1) is 12.4 Å². The summed E-state index contributed by atoms with van der Waals surface area (Å²) in [6.45, 7) is 15.6. The number of nitrogens with zero attached hydrogens (tertiary/aromatic N) is 6. The molecule has 0 atom stereocenters. The van der Waals surface area contributed by atoms with E-state index in [9.17, 15) is 24.0 Å². The number of nitrogens with two attached hydrogens (primary N) is 1. The monoisotopic (exact) mass is 961 g/mol. The van der Waals surface area contributed by atoms with Gasteiger partial charge in [-0.25, -0.2) is 31.1 Å². The maximum atomic E-state index is 11.9. The van der Waals surface area contributed by atoms with E-state index < -0.39 is 23.8 Å². The Balaban J connectivity index is 0.000000456. The van der Waals surface area contributed by atoms with Gasteiger partial charge in [0.1, 0.15) is 5.60 Å². The molecule has 0 bridgehead atoms. The van der Waals surface area contributed by atoms with E-state index in [1.807, 2.05) is 64.0 Å². The summed E-state index contributed by atoms with van der Waals surface area (Å²) in [6, 6.07) is 23.6. The predicted octanol–water partition coefficient (Wildman–Crippen LogP) is 5.68. The van der Waals surface area contributed by atoms with Crippen molar-refractivity contribution in [1.82, 2.24) is 46.7 Å². The normalized spacial score (nSPS) is 13.1. The number of pyridine rings is 2. The van der Waals surface area contributed by atoms with Crippen LogP contribution in [0.5, 0.6) is 0 Å². The number of anilines is 2. The summed E-state index contributed by atoms with van der Waals surface area (Å²) >= 11 is 0. The fraction of sp³-hybridized carbons (Fsp3) is 0.449. The van der Waals surface area contributed by atoms with E-state index in [2.05, 4.69) is 77.7 Å². The van der Waals surface area contributed by atoms with Crippen molar-refractivity contribution in [2.24, 2.45) is 5.84 Å². The first-order valence-corrected chi connectivity index (χ1v) is 22.0. The number of benzene rings is 2. The Kier molecular flexibility index (Phi) is 24.1. The van der Waals surface area contributed by atoms with E-state index in [4.69, 9.17) is 10.6 Å². The second kappa shape index (κ2) is 28.5. The molecule has 6 rings (SSSR count). The molecule has 2 aromatic carbocycles. The Morgan fingerprint density at radius 2 is 0.941 bits per heavy atom. The molecule has 372 valence electrons. The quantitative estimate of drug-likeness (QED) is 0.0577. The first-order chi connectivity index (χ1) is 31.1. The third kappa shape index (κ3) is 19.7. The van der Waals surface area contributed by atoms with Gasteiger partial charge in [0.05, 0.1) is 23.8 Å². The maximum absolute atomic E-state index is 11.9. The van der Waals surface area contributed by atoms with E-state index in [-0.39, 0.29) is 39.1 Å². The fourth-order valence-corrected chi connectivity index (χ4v) is 7.13. The number of ether oxygens (including phenoxy) is 1. The standard InChI is InChI=1S/C26H36N6O4.C21H28N6O2.2CH4.ClH/c1-19(33)31-13-15-32(16-14-31)23-12-11-22(27-18-23)10-9-20-5-7-21(8-6-20)17-28-24(34)29-30-25(35)36-26(2,3)4;1-16(28)26-10-12-27(13-11-26)20-9-8-19(23-15-20)7-6-17-2-4-18(5-3-17)14-24-21(29)25-22;;;/h5-8,11-12,18H,9-10,13-17H2,1-4H3,(H,30,35)(H2,28,29,34);2-5,8-9,15H,6-7,10-14,22H2,1H3,(H2,24,25,29);2*1H4;1H. The lowest BCUT2D eigenvalue weighted by molar-refractivity contribution is -0.129. The minimum Gasteiger partial charge on any atom is -0.443 e. The van der Waals surface area contributed by atoms with Gasteiger partial charge in [-0.3, -0.25) is 25.0 Å². The number of hydrogen-bond donors (Lipinski definition) is 6. The smallest absolute Gasteiger partial charge is 0.426 e. The highest BCUT2D eigenvalue weighted by molar-refractivity contribution is 5.85. The summed E-state index contributed by atoms with van der Waals surface area (Å²) in [4.78, 5) is 75.0. The van der Waals surface area contributed by atoms with Gasteiger partial charge in [-0.2, -0.15) is 0 Å². The number of aryl methyl sites for hydroxylation is 4. The Morgan fingerprint density at radius 3 is 1.28 bits per heavy atom. The number of piperazine rings is 2. The largest absolute Gasteiger partial charge is 0.443 e. The van der Waals surface area contributed by atoms with Gasteiger partial charge in [0.2, 0.25) is 11.8 Å². The third-order valence-corrected chi connectivity index (χ3v) is 10.9. The molecule has 2 aromatic heterocycles. The number of urea groups is 2. The average molecular weight is 962 g/mol. The molecule has 2 saturated heterocycles. The van der Waals surface area contributed by atoms with E-state index in [0.29, 0.717) is 13.1 Å². The second-order valence-electron chi connectivity index (χ2n) is 16.9. The fourth-order valence-electron chi connectivity index (χ4n) is 7.13. The average Bonchev–Trinajstić information content (AvgIpc) is 3.31. The Hall–Kier alpha value is -6.66. The Morgan fingerprint density at radius 1 is 0.559 bits per heavy atom. The lowest BCUT2D eigenvalue weighted by Crippen LogP contribution is -2.48. The minimum atomic E-state index is -0.723. The van der Waals surface area contributed by atoms with Crippen molar-refractivity contribution in [3.05, 3.63) is 119 Å². The number of nitrogens with one attached hydrogen (secondary N) is 5. The number of carbonyl (C=O) groups excluding carboxylic acids is 5. The molecule has 0 radical (unpaired) electrons. The van der Waals surface area contributed by atoms with Gasteiger partial charge in [-0.05, 0) is 93.0 Å². The summed E-state index contributed by atoms with van der Waals surface area (Å²) in [5.74, 6) is 5.31. The van der Waals surface area contributed by atoms with Crippen molar-refractivity contribution in [2.45, 2.75) is 93.8 Å². The number of carbonyl (C=O) groups is 5. The zero-order valence-electron chi connectivity index (χ0n) is 38.6. The van der Waals surface area contributed by atoms with Gasteiger partial charge in [0.15, 0.2) is 0 Å². The van der Waals surface area contributed by atoms with Gasteiger partial charge >= 0.3 is 18.2 Å². The number of hydrogen-bond acceptors (Lipinski definition) is 11. The molecule has 2 fully saturated rings. The van der Waals surface area contributed by atoms with Crippen LogP contribution in [0.3, 0.4) is 0 Å². The van der Waals surface area contributed by atoms with Crippen LogP contribution in [0.4, 0.5) is 25.8 Å². The van der Waals surface area contributed by atoms with E-state index in [1.165, 1.54) is 11.1 Å². The van der Waals surface area contributed by atoms with Crippen LogP contribution in [-0.4, -0.2) is 108 Å². The molecule has 7 amide bonds. The van der Waals surface area contributed by atoms with Crippen LogP contribution in [0.1, 0.15) is 83.1 Å². The van der Waals surface area contributed by atoms with Crippen molar-refractivity contribution in [3.8, 4) is 0 Å². The number of halogens is 1. The van der Waals surface area contributed by atoms with Crippen molar-refractivity contribution >= 4 is 53.8 Å². The minimum absolute atomic E-state index is 0. The summed E-state index contributed by atoms with van der Waals surface area (Å²) in [5.41, 5.74) is 14.5. The molecule has 0 spiro atoms. The van der Waals surface area contributed by atoms with Crippen molar-refractivity contribution in [2.75, 3.05) is 62.2 Å². The van der Waals surface area contributed by atoms with E-state index in [0.717, 1.165) is 112 Å². The van der Waals surface area contributed by atoms with Crippen LogP contribution >= 0.6 is 12.4 Å². The molecular weight excluding hydrogens is 888 g/mol. The highest BCUT2D eigenvalue weighted by Crippen LogP contribution is 2.19. The molecule has 2 aliphatic rings. The molecule has 0 unspecified atom stereocenters. The summed E-state index contributed by atoms with van der Waals surface area (Å²) in [7, 11) is 0. The highest BCUT2D eigenvalue weighted by atomic mass is 35.5. The van der Waals surface area contributed by atoms with Crippen LogP contribution < -0.4 is 42.6 Å². The van der Waals surface area contributed by atoms with Gasteiger partial charge < -0.3 is 35.0 Å². The Bertz CT molecular complexity index is 2160. The second-order valence-corrected chi connectivity index (χ2v) is 16.9. The number of hydrazine groups is 2. The van der Waals surface area contributed by atoms with Crippen molar-refractivity contribution in [1.29, 1.82) is 0 Å². The first-order valence-electron chi connectivity index (χ1n) is 22.0.